The lowest BCUT2D eigenvalue weighted by atomic mass is 10.3. The van der Waals surface area contributed by atoms with E-state index in [1.807, 2.05) is 0 Å². The molecule has 0 bridgehead atoms. The van der Waals surface area contributed by atoms with Gasteiger partial charge in [-0.05, 0) is 12.8 Å². The van der Waals surface area contributed by atoms with Crippen LogP contribution in [0.25, 0.3) is 0 Å². The Bertz CT molecular complexity index is 319. The van der Waals surface area contributed by atoms with Crippen LogP contribution < -0.4 is 5.73 Å². The molecule has 8 heteroatoms. The first kappa shape index (κ1) is 15.2. The molecule has 0 unspecified atom stereocenters. The number of carbonyl (C=O) groups is 1. The van der Waals surface area contributed by atoms with Gasteiger partial charge in [-0.25, -0.2) is 0 Å². The largest absolute Gasteiger partial charge is 0.411 e. The van der Waals surface area contributed by atoms with E-state index in [4.69, 9.17) is 18.0 Å². The van der Waals surface area contributed by atoms with Crippen LogP contribution in [0, 0.1) is 0 Å². The fourth-order valence-corrected chi connectivity index (χ4v) is 1.56. The van der Waals surface area contributed by atoms with Crippen molar-refractivity contribution in [3.05, 3.63) is 0 Å². The maximum Gasteiger partial charge on any atom is 0.411 e. The summed E-state index contributed by atoms with van der Waals surface area (Å²) in [5.74, 6) is -0.446. The van der Waals surface area contributed by atoms with Gasteiger partial charge in [0.25, 0.3) is 0 Å². The minimum Gasteiger partial charge on any atom is -0.393 e. The first-order valence-corrected chi connectivity index (χ1v) is 5.92. The Morgan fingerprint density at radius 3 is 2.50 bits per heavy atom. The highest BCUT2D eigenvalue weighted by Gasteiger charge is 2.33. The van der Waals surface area contributed by atoms with Gasteiger partial charge in [-0.1, -0.05) is 12.2 Å². The van der Waals surface area contributed by atoms with E-state index in [-0.39, 0.29) is 11.0 Å². The maximum atomic E-state index is 11.8. The summed E-state index contributed by atoms with van der Waals surface area (Å²) >= 11 is 4.70. The van der Waals surface area contributed by atoms with Gasteiger partial charge in [-0.2, -0.15) is 13.2 Å². The van der Waals surface area contributed by atoms with Crippen LogP contribution in [0.4, 0.5) is 13.2 Å². The van der Waals surface area contributed by atoms with E-state index in [0.29, 0.717) is 13.0 Å². The summed E-state index contributed by atoms with van der Waals surface area (Å²) in [6.07, 6.45) is -2.31. The molecule has 18 heavy (non-hydrogen) atoms. The number of hydrogen-bond acceptors (Lipinski definition) is 3. The SMILES string of the molecule is NC(=S)CCN(C(=O)COCC(F)(F)F)C1CC1. The second-order valence-corrected chi connectivity index (χ2v) is 4.67. The molecule has 1 saturated carbocycles. The van der Waals surface area contributed by atoms with Crippen molar-refractivity contribution in [1.82, 2.24) is 4.90 Å². The van der Waals surface area contributed by atoms with Gasteiger partial charge in [0.05, 0.1) is 4.99 Å². The number of rotatable bonds is 7. The second-order valence-electron chi connectivity index (χ2n) is 4.14. The van der Waals surface area contributed by atoms with E-state index < -0.39 is 25.3 Å². The molecule has 1 aliphatic rings. The maximum absolute atomic E-state index is 11.8. The van der Waals surface area contributed by atoms with Crippen LogP contribution in [0.3, 0.4) is 0 Å². The van der Waals surface area contributed by atoms with Gasteiger partial charge in [0.1, 0.15) is 13.2 Å². The Kier molecular flexibility index (Phi) is 5.33. The fourth-order valence-electron chi connectivity index (χ4n) is 1.46. The minimum atomic E-state index is -4.41. The third kappa shape index (κ3) is 6.15. The van der Waals surface area contributed by atoms with Gasteiger partial charge in [0.15, 0.2) is 0 Å². The zero-order valence-electron chi connectivity index (χ0n) is 9.70. The highest BCUT2D eigenvalue weighted by atomic mass is 32.1. The van der Waals surface area contributed by atoms with Crippen molar-refractivity contribution in [2.45, 2.75) is 31.5 Å². The van der Waals surface area contributed by atoms with Gasteiger partial charge in [0, 0.05) is 19.0 Å². The summed E-state index contributed by atoms with van der Waals surface area (Å²) in [5.41, 5.74) is 5.33. The normalized spacial score (nSPS) is 15.5. The topological polar surface area (TPSA) is 55.6 Å². The van der Waals surface area contributed by atoms with E-state index in [1.54, 1.807) is 0 Å². The number of carbonyl (C=O) groups excluding carboxylic acids is 1. The molecule has 4 nitrogen and oxygen atoms in total. The molecule has 1 amide bonds. The molecule has 1 fully saturated rings. The minimum absolute atomic E-state index is 0.0985. The van der Waals surface area contributed by atoms with Crippen molar-refractivity contribution in [1.29, 1.82) is 0 Å². The molecule has 1 rings (SSSR count). The summed E-state index contributed by atoms with van der Waals surface area (Å²) in [7, 11) is 0. The number of nitrogens with two attached hydrogens (primary N) is 1. The van der Waals surface area contributed by atoms with Crippen LogP contribution in [0.2, 0.25) is 0 Å². The molecule has 0 atom stereocenters. The lowest BCUT2D eigenvalue weighted by Crippen LogP contribution is -2.38. The van der Waals surface area contributed by atoms with Crippen LogP contribution in [-0.4, -0.2) is 47.8 Å². The van der Waals surface area contributed by atoms with Crippen LogP contribution >= 0.6 is 12.2 Å². The number of ether oxygens (including phenoxy) is 1. The molecule has 0 radical (unpaired) electrons. The molecule has 2 N–H and O–H groups in total. The number of alkyl halides is 3. The van der Waals surface area contributed by atoms with Crippen LogP contribution in [0.15, 0.2) is 0 Å². The average Bonchev–Trinajstić information content (AvgIpc) is 2.99. The highest BCUT2D eigenvalue weighted by molar-refractivity contribution is 7.80. The van der Waals surface area contributed by atoms with Gasteiger partial charge in [0.2, 0.25) is 5.91 Å². The van der Waals surface area contributed by atoms with Crippen molar-refractivity contribution in [3.63, 3.8) is 0 Å². The second kappa shape index (κ2) is 6.33. The van der Waals surface area contributed by atoms with Crippen molar-refractivity contribution in [3.8, 4) is 0 Å². The standard InChI is InChI=1S/C10H15F3N2O2S/c11-10(12,13)6-17-5-9(16)15(7-1-2-7)4-3-8(14)18/h7H,1-6H2,(H2,14,18). The third-order valence-corrected chi connectivity index (χ3v) is 2.60. The van der Waals surface area contributed by atoms with Crippen LogP contribution in [-0.2, 0) is 9.53 Å². The highest BCUT2D eigenvalue weighted by Crippen LogP contribution is 2.27. The molecule has 0 spiro atoms. The summed E-state index contributed by atoms with van der Waals surface area (Å²) in [4.78, 5) is 13.5. The molecule has 0 aromatic heterocycles. The number of nitrogens with zero attached hydrogens (tertiary/aromatic N) is 1. The molecular weight excluding hydrogens is 269 g/mol. The third-order valence-electron chi connectivity index (χ3n) is 2.40. The summed E-state index contributed by atoms with van der Waals surface area (Å²) in [5, 5.41) is 0. The van der Waals surface area contributed by atoms with Gasteiger partial charge in [-0.3, -0.25) is 4.79 Å². The van der Waals surface area contributed by atoms with E-state index in [1.165, 1.54) is 4.90 Å². The predicted molar refractivity (Wildman–Crippen MR) is 63.0 cm³/mol. The Morgan fingerprint density at radius 2 is 2.06 bits per heavy atom. The molecule has 104 valence electrons. The van der Waals surface area contributed by atoms with Crippen LogP contribution in [0.1, 0.15) is 19.3 Å². The number of hydrogen-bond donors (Lipinski definition) is 1. The van der Waals surface area contributed by atoms with Gasteiger partial charge >= 0.3 is 6.18 Å². The van der Waals surface area contributed by atoms with E-state index >= 15 is 0 Å². The fraction of sp³-hybridized carbons (Fsp3) is 0.800. The molecule has 0 saturated heterocycles. The lowest BCUT2D eigenvalue weighted by Gasteiger charge is -2.22. The Balaban J connectivity index is 2.33. The molecule has 0 heterocycles. The smallest absolute Gasteiger partial charge is 0.393 e. The average molecular weight is 284 g/mol. The lowest BCUT2D eigenvalue weighted by molar-refractivity contribution is -0.177. The zero-order valence-corrected chi connectivity index (χ0v) is 10.5. The monoisotopic (exact) mass is 284 g/mol. The summed E-state index contributed by atoms with van der Waals surface area (Å²) < 4.78 is 39.9. The molecular formula is C10H15F3N2O2S. The zero-order chi connectivity index (χ0) is 13.8. The number of thiocarbonyl (C=S) groups is 1. The quantitative estimate of drug-likeness (QED) is 0.715. The van der Waals surface area contributed by atoms with Crippen molar-refractivity contribution in [2.24, 2.45) is 5.73 Å². The number of amides is 1. The Hall–Kier alpha value is -0.890. The molecule has 0 aromatic rings. The molecule has 0 aliphatic heterocycles. The Labute approximate surface area is 108 Å². The van der Waals surface area contributed by atoms with E-state index in [0.717, 1.165) is 12.8 Å². The van der Waals surface area contributed by atoms with Crippen molar-refractivity contribution < 1.29 is 22.7 Å². The first-order chi connectivity index (χ1) is 8.29. The van der Waals surface area contributed by atoms with Crippen LogP contribution in [0.5, 0.6) is 0 Å². The Morgan fingerprint density at radius 1 is 1.44 bits per heavy atom. The van der Waals surface area contributed by atoms with Crippen molar-refractivity contribution in [2.75, 3.05) is 19.8 Å². The van der Waals surface area contributed by atoms with E-state index in [2.05, 4.69) is 4.74 Å². The number of halogens is 3. The van der Waals surface area contributed by atoms with Gasteiger partial charge < -0.3 is 15.4 Å². The van der Waals surface area contributed by atoms with E-state index in [9.17, 15) is 18.0 Å². The summed E-state index contributed by atoms with van der Waals surface area (Å²) in [6, 6.07) is 0.0985. The molecule has 1 aliphatic carbocycles. The van der Waals surface area contributed by atoms with Crippen molar-refractivity contribution >= 4 is 23.1 Å². The van der Waals surface area contributed by atoms with Gasteiger partial charge in [-0.15, -0.1) is 0 Å². The first-order valence-electron chi connectivity index (χ1n) is 5.52. The predicted octanol–water partition coefficient (Wildman–Crippen LogP) is 1.23. The molecule has 0 aromatic carbocycles. The summed E-state index contributed by atoms with van der Waals surface area (Å²) in [6.45, 7) is -1.63.